The lowest BCUT2D eigenvalue weighted by atomic mass is 9.79. The van der Waals surface area contributed by atoms with Gasteiger partial charge >= 0.3 is 0 Å². The second kappa shape index (κ2) is 2.78. The highest BCUT2D eigenvalue weighted by molar-refractivity contribution is 6.12. The molecule has 64 valence electrons. The zero-order chi connectivity index (χ0) is 8.65. The van der Waals surface area contributed by atoms with Crippen LogP contribution in [0.15, 0.2) is 0 Å². The van der Waals surface area contributed by atoms with E-state index in [0.717, 1.165) is 6.42 Å². The van der Waals surface area contributed by atoms with Gasteiger partial charge in [0, 0.05) is 5.92 Å². The van der Waals surface area contributed by atoms with Gasteiger partial charge in [-0.3, -0.25) is 0 Å². The summed E-state index contributed by atoms with van der Waals surface area (Å²) in [6, 6.07) is -0.248. The molecule has 0 aromatic heterocycles. The number of alkyl halides is 1. The van der Waals surface area contributed by atoms with E-state index >= 15 is 0 Å². The molecular formula is C8H16BFO. The fourth-order valence-electron chi connectivity index (χ4n) is 1.70. The summed E-state index contributed by atoms with van der Waals surface area (Å²) in [6.45, 7) is 5.60. The van der Waals surface area contributed by atoms with Crippen molar-refractivity contribution >= 4 is 7.85 Å². The maximum absolute atomic E-state index is 13.7. The minimum absolute atomic E-state index is 0.0301. The largest absolute Gasteiger partial charge is 0.380 e. The molecule has 1 heterocycles. The molecule has 1 aliphatic heterocycles. The van der Waals surface area contributed by atoms with Crippen molar-refractivity contribution in [2.75, 3.05) is 0 Å². The molecule has 0 N–H and O–H groups in total. The number of rotatable bonds is 1. The van der Waals surface area contributed by atoms with Gasteiger partial charge in [-0.25, -0.2) is 4.39 Å². The highest BCUT2D eigenvalue weighted by atomic mass is 19.1. The van der Waals surface area contributed by atoms with Crippen LogP contribution in [0.25, 0.3) is 0 Å². The first-order valence-electron chi connectivity index (χ1n) is 4.34. The predicted molar refractivity (Wildman–Crippen MR) is 46.2 cm³/mol. The second-order valence-electron chi connectivity index (χ2n) is 3.66. The van der Waals surface area contributed by atoms with Crippen LogP contribution in [0, 0.1) is 5.92 Å². The zero-order valence-corrected chi connectivity index (χ0v) is 7.73. The van der Waals surface area contributed by atoms with Crippen LogP contribution >= 0.6 is 0 Å². The van der Waals surface area contributed by atoms with Crippen molar-refractivity contribution in [1.29, 1.82) is 0 Å². The summed E-state index contributed by atoms with van der Waals surface area (Å²) < 4.78 is 19.2. The van der Waals surface area contributed by atoms with Gasteiger partial charge in [0.05, 0.1) is 12.1 Å². The Morgan fingerprint density at radius 3 is 2.36 bits per heavy atom. The number of hydrogen-bond acceptors (Lipinski definition) is 1. The predicted octanol–water partition coefficient (Wildman–Crippen LogP) is 1.12. The third-order valence-electron chi connectivity index (χ3n) is 3.02. The van der Waals surface area contributed by atoms with Crippen molar-refractivity contribution < 1.29 is 9.13 Å². The maximum atomic E-state index is 13.7. The summed E-state index contributed by atoms with van der Waals surface area (Å²) in [5.74, 6) is 0.0301. The zero-order valence-electron chi connectivity index (χ0n) is 7.73. The van der Waals surface area contributed by atoms with Crippen LogP contribution in [0.4, 0.5) is 4.39 Å². The average Bonchev–Trinajstić information content (AvgIpc) is 2.14. The van der Waals surface area contributed by atoms with E-state index in [1.807, 2.05) is 21.7 Å². The molecule has 3 heteroatoms. The van der Waals surface area contributed by atoms with Crippen molar-refractivity contribution in [2.45, 2.75) is 45.0 Å². The number of halogens is 1. The Hall–Kier alpha value is -0.0451. The van der Waals surface area contributed by atoms with Gasteiger partial charge in [-0.2, -0.15) is 0 Å². The van der Waals surface area contributed by atoms with Crippen LogP contribution in [0.1, 0.15) is 27.2 Å². The van der Waals surface area contributed by atoms with Crippen LogP contribution in [-0.4, -0.2) is 25.6 Å². The molecule has 1 saturated heterocycles. The molecule has 1 nitrogen and oxygen atoms in total. The Morgan fingerprint density at radius 1 is 1.64 bits per heavy atom. The molecule has 0 unspecified atom stereocenters. The maximum Gasteiger partial charge on any atom is 0.143 e. The summed E-state index contributed by atoms with van der Waals surface area (Å²) in [7, 11) is 1.81. The molecule has 1 aliphatic rings. The molecule has 0 spiro atoms. The van der Waals surface area contributed by atoms with E-state index in [1.54, 1.807) is 6.92 Å². The summed E-state index contributed by atoms with van der Waals surface area (Å²) in [6.07, 6.45) is 1.02. The van der Waals surface area contributed by atoms with E-state index in [0.29, 0.717) is 0 Å². The molecule has 0 aromatic carbocycles. The minimum atomic E-state index is -1.14. The molecule has 11 heavy (non-hydrogen) atoms. The standard InChI is InChI=1S/C8H16BFO/c1-4-6-5(2)8(3,10)7(9)11-6/h5-7H,4,9H2,1-3H3/t5-,6-,7-,8-/m1/s1. The van der Waals surface area contributed by atoms with Gasteiger partial charge in [0.25, 0.3) is 0 Å². The molecule has 1 rings (SSSR count). The summed E-state index contributed by atoms with van der Waals surface area (Å²) in [5, 5.41) is 0. The number of hydrogen-bond donors (Lipinski definition) is 0. The van der Waals surface area contributed by atoms with Gasteiger partial charge < -0.3 is 4.74 Å². The molecule has 0 amide bonds. The molecule has 1 fully saturated rings. The minimum Gasteiger partial charge on any atom is -0.380 e. The van der Waals surface area contributed by atoms with Crippen LogP contribution in [0.2, 0.25) is 0 Å². The second-order valence-corrected chi connectivity index (χ2v) is 3.66. The lowest BCUT2D eigenvalue weighted by Gasteiger charge is -2.22. The fourth-order valence-corrected chi connectivity index (χ4v) is 1.70. The van der Waals surface area contributed by atoms with Gasteiger partial charge in [0.2, 0.25) is 0 Å². The lowest BCUT2D eigenvalue weighted by Crippen LogP contribution is -2.35. The van der Waals surface area contributed by atoms with Gasteiger partial charge in [0.1, 0.15) is 13.5 Å². The topological polar surface area (TPSA) is 9.23 Å². The smallest absolute Gasteiger partial charge is 0.143 e. The van der Waals surface area contributed by atoms with Gasteiger partial charge in [-0.1, -0.05) is 13.8 Å². The first kappa shape index (κ1) is 9.05. The highest BCUT2D eigenvalue weighted by Gasteiger charge is 2.48. The van der Waals surface area contributed by atoms with Gasteiger partial charge in [-0.15, -0.1) is 0 Å². The molecular weight excluding hydrogens is 142 g/mol. The third kappa shape index (κ3) is 1.31. The monoisotopic (exact) mass is 158 g/mol. The number of ether oxygens (including phenoxy) is 1. The Morgan fingerprint density at radius 2 is 2.18 bits per heavy atom. The molecule has 0 aromatic rings. The summed E-state index contributed by atoms with van der Waals surface area (Å²) in [4.78, 5) is 0. The van der Waals surface area contributed by atoms with E-state index in [-0.39, 0.29) is 18.0 Å². The first-order valence-corrected chi connectivity index (χ1v) is 4.34. The van der Waals surface area contributed by atoms with Crippen LogP contribution < -0.4 is 0 Å². The lowest BCUT2D eigenvalue weighted by molar-refractivity contribution is 0.0542. The van der Waals surface area contributed by atoms with E-state index in [2.05, 4.69) is 0 Å². The fraction of sp³-hybridized carbons (Fsp3) is 1.00. The van der Waals surface area contributed by atoms with Crippen LogP contribution in [-0.2, 0) is 4.74 Å². The summed E-state index contributed by atoms with van der Waals surface area (Å²) >= 11 is 0. The van der Waals surface area contributed by atoms with Crippen molar-refractivity contribution in [3.05, 3.63) is 0 Å². The molecule has 0 aliphatic carbocycles. The van der Waals surface area contributed by atoms with Crippen molar-refractivity contribution in [3.8, 4) is 0 Å². The Bertz CT molecular complexity index is 149. The van der Waals surface area contributed by atoms with E-state index in [1.165, 1.54) is 0 Å². The van der Waals surface area contributed by atoms with Crippen molar-refractivity contribution in [2.24, 2.45) is 5.92 Å². The molecule has 4 atom stereocenters. The Labute approximate surface area is 68.7 Å². The quantitative estimate of drug-likeness (QED) is 0.519. The third-order valence-corrected chi connectivity index (χ3v) is 3.02. The van der Waals surface area contributed by atoms with Crippen molar-refractivity contribution in [3.63, 3.8) is 0 Å². The van der Waals surface area contributed by atoms with Crippen LogP contribution in [0.5, 0.6) is 0 Å². The Balaban J connectivity index is 2.71. The molecule has 0 bridgehead atoms. The SMILES string of the molecule is B[C@@H]1O[C@H](CC)[C@@H](C)[C@@]1(C)F. The average molecular weight is 158 g/mol. The molecule has 0 saturated carbocycles. The normalized spacial score (nSPS) is 51.5. The van der Waals surface area contributed by atoms with Crippen molar-refractivity contribution in [1.82, 2.24) is 0 Å². The van der Waals surface area contributed by atoms with E-state index in [4.69, 9.17) is 4.74 Å². The van der Waals surface area contributed by atoms with Gasteiger partial charge in [0.15, 0.2) is 0 Å². The first-order chi connectivity index (χ1) is 5.00. The highest BCUT2D eigenvalue weighted by Crippen LogP contribution is 2.38. The Kier molecular flexibility index (Phi) is 2.28. The molecule has 0 radical (unpaired) electrons. The van der Waals surface area contributed by atoms with Crippen LogP contribution in [0.3, 0.4) is 0 Å². The summed E-state index contributed by atoms with van der Waals surface area (Å²) in [5.41, 5.74) is -1.14. The van der Waals surface area contributed by atoms with Gasteiger partial charge in [-0.05, 0) is 13.3 Å². The van der Waals surface area contributed by atoms with E-state index in [9.17, 15) is 4.39 Å². The van der Waals surface area contributed by atoms with E-state index < -0.39 is 5.67 Å².